The Bertz CT molecular complexity index is 1100. The topological polar surface area (TPSA) is 101 Å². The summed E-state index contributed by atoms with van der Waals surface area (Å²) in [5, 5.41) is 8.93. The molecule has 1 amide bonds. The first kappa shape index (κ1) is 16.0. The van der Waals surface area contributed by atoms with Gasteiger partial charge in [0.1, 0.15) is 10.7 Å². The summed E-state index contributed by atoms with van der Waals surface area (Å²) in [7, 11) is 0. The molecule has 0 saturated heterocycles. The van der Waals surface area contributed by atoms with Crippen LogP contribution in [-0.4, -0.2) is 21.0 Å². The van der Waals surface area contributed by atoms with Gasteiger partial charge in [0.15, 0.2) is 5.82 Å². The van der Waals surface area contributed by atoms with Gasteiger partial charge in [0.25, 0.3) is 5.91 Å². The van der Waals surface area contributed by atoms with Gasteiger partial charge >= 0.3 is 5.76 Å². The van der Waals surface area contributed by atoms with Crippen LogP contribution in [0.3, 0.4) is 0 Å². The van der Waals surface area contributed by atoms with Crippen LogP contribution in [-0.2, 0) is 0 Å². The van der Waals surface area contributed by atoms with E-state index in [1.807, 2.05) is 30.3 Å². The third-order valence-corrected chi connectivity index (χ3v) is 4.51. The Kier molecular flexibility index (Phi) is 4.16. The van der Waals surface area contributed by atoms with E-state index in [2.05, 4.69) is 25.0 Å². The second-order valence-electron chi connectivity index (χ2n) is 5.38. The van der Waals surface area contributed by atoms with E-state index in [1.165, 1.54) is 11.3 Å². The number of rotatable bonds is 4. The van der Waals surface area contributed by atoms with E-state index >= 15 is 0 Å². The first-order valence-corrected chi connectivity index (χ1v) is 8.56. The van der Waals surface area contributed by atoms with Gasteiger partial charge in [0.2, 0.25) is 0 Å². The van der Waals surface area contributed by atoms with E-state index in [1.54, 1.807) is 29.6 Å². The summed E-state index contributed by atoms with van der Waals surface area (Å²) in [6.45, 7) is 0. The fourth-order valence-corrected chi connectivity index (χ4v) is 3.16. The average Bonchev–Trinajstić information content (AvgIpc) is 3.32. The van der Waals surface area contributed by atoms with Gasteiger partial charge in [-0.15, -0.1) is 11.3 Å². The number of thiazole rings is 1. The Hall–Kier alpha value is -3.52. The van der Waals surface area contributed by atoms with Crippen LogP contribution in [0.4, 0.5) is 5.69 Å². The SMILES string of the molecule is O=C(Nc1ccc(-c2noc(=O)[nH]2)cc1)c1csc(-c2ccccc2)n1. The van der Waals surface area contributed by atoms with Gasteiger partial charge in [0, 0.05) is 22.2 Å². The molecule has 7 nitrogen and oxygen atoms in total. The number of hydrogen-bond acceptors (Lipinski definition) is 6. The van der Waals surface area contributed by atoms with E-state index in [0.717, 1.165) is 10.6 Å². The molecule has 4 aromatic rings. The lowest BCUT2D eigenvalue weighted by Gasteiger charge is -2.03. The first-order chi connectivity index (χ1) is 12.7. The molecule has 2 heterocycles. The molecule has 0 aliphatic rings. The molecule has 0 radical (unpaired) electrons. The number of nitrogens with one attached hydrogen (secondary N) is 2. The first-order valence-electron chi connectivity index (χ1n) is 7.68. The van der Waals surface area contributed by atoms with Crippen LogP contribution in [0.1, 0.15) is 10.5 Å². The largest absolute Gasteiger partial charge is 0.439 e. The highest BCUT2D eigenvalue weighted by atomic mass is 32.1. The van der Waals surface area contributed by atoms with Crippen molar-refractivity contribution in [2.45, 2.75) is 0 Å². The van der Waals surface area contributed by atoms with Crippen LogP contribution < -0.4 is 11.1 Å². The molecule has 0 aliphatic carbocycles. The molecule has 0 atom stereocenters. The Morgan fingerprint density at radius 3 is 2.50 bits per heavy atom. The highest BCUT2D eigenvalue weighted by Gasteiger charge is 2.12. The fourth-order valence-electron chi connectivity index (χ4n) is 2.35. The summed E-state index contributed by atoms with van der Waals surface area (Å²) < 4.78 is 4.47. The zero-order valence-corrected chi connectivity index (χ0v) is 14.1. The van der Waals surface area contributed by atoms with Crippen LogP contribution in [0.25, 0.3) is 22.0 Å². The predicted octanol–water partition coefficient (Wildman–Crippen LogP) is 3.41. The molecule has 0 bridgehead atoms. The standard InChI is InChI=1S/C18H12N4O3S/c23-16(14-10-26-17(20-14)12-4-2-1-3-5-12)19-13-8-6-11(7-9-13)15-21-18(24)25-22-15/h1-10H,(H,19,23)(H,21,22,24). The molecule has 26 heavy (non-hydrogen) atoms. The number of aromatic nitrogens is 3. The minimum Gasteiger partial charge on any atom is -0.321 e. The van der Waals surface area contributed by atoms with Gasteiger partial charge in [-0.1, -0.05) is 35.5 Å². The summed E-state index contributed by atoms with van der Waals surface area (Å²) in [6, 6.07) is 16.6. The van der Waals surface area contributed by atoms with Crippen LogP contribution in [0.2, 0.25) is 0 Å². The van der Waals surface area contributed by atoms with E-state index in [0.29, 0.717) is 22.8 Å². The summed E-state index contributed by atoms with van der Waals surface area (Å²) in [6.07, 6.45) is 0. The van der Waals surface area contributed by atoms with Crippen LogP contribution >= 0.6 is 11.3 Å². The molecule has 4 rings (SSSR count). The van der Waals surface area contributed by atoms with E-state index < -0.39 is 5.76 Å². The normalized spacial score (nSPS) is 10.6. The number of carbonyl (C=O) groups is 1. The van der Waals surface area contributed by atoms with Crippen molar-refractivity contribution < 1.29 is 9.32 Å². The third-order valence-electron chi connectivity index (χ3n) is 3.61. The van der Waals surface area contributed by atoms with E-state index in [9.17, 15) is 9.59 Å². The second kappa shape index (κ2) is 6.77. The number of benzene rings is 2. The minimum atomic E-state index is -0.616. The number of nitrogens with zero attached hydrogens (tertiary/aromatic N) is 2. The maximum Gasteiger partial charge on any atom is 0.439 e. The number of amides is 1. The fraction of sp³-hybridized carbons (Fsp3) is 0. The van der Waals surface area contributed by atoms with Gasteiger partial charge in [-0.2, -0.15) is 0 Å². The van der Waals surface area contributed by atoms with Gasteiger partial charge in [-0.25, -0.2) is 9.78 Å². The number of carbonyl (C=O) groups excluding carboxylic acids is 1. The Balaban J connectivity index is 1.48. The Morgan fingerprint density at radius 2 is 1.81 bits per heavy atom. The maximum absolute atomic E-state index is 12.4. The van der Waals surface area contributed by atoms with Gasteiger partial charge < -0.3 is 5.32 Å². The number of hydrogen-bond donors (Lipinski definition) is 2. The summed E-state index contributed by atoms with van der Waals surface area (Å²) >= 11 is 1.42. The van der Waals surface area contributed by atoms with Crippen molar-refractivity contribution in [2.24, 2.45) is 0 Å². The van der Waals surface area contributed by atoms with Crippen molar-refractivity contribution in [3.05, 3.63) is 76.2 Å². The molecule has 2 aromatic heterocycles. The van der Waals surface area contributed by atoms with Crippen LogP contribution in [0, 0.1) is 0 Å². The maximum atomic E-state index is 12.4. The zero-order chi connectivity index (χ0) is 17.9. The van der Waals surface area contributed by atoms with Gasteiger partial charge in [-0.3, -0.25) is 14.3 Å². The highest BCUT2D eigenvalue weighted by molar-refractivity contribution is 7.13. The molecular formula is C18H12N4O3S. The summed E-state index contributed by atoms with van der Waals surface area (Å²) in [5.74, 6) is -0.568. The van der Waals surface area contributed by atoms with Crippen molar-refractivity contribution in [3.8, 4) is 22.0 Å². The predicted molar refractivity (Wildman–Crippen MR) is 98.1 cm³/mol. The number of anilines is 1. The molecule has 0 aliphatic heterocycles. The zero-order valence-electron chi connectivity index (χ0n) is 13.3. The number of H-pyrrole nitrogens is 1. The molecule has 0 spiro atoms. The molecule has 128 valence electrons. The summed E-state index contributed by atoms with van der Waals surface area (Å²) in [5.41, 5.74) is 2.62. The minimum absolute atomic E-state index is 0.286. The van der Waals surface area contributed by atoms with Gasteiger partial charge in [0.05, 0.1) is 0 Å². The monoisotopic (exact) mass is 364 g/mol. The Labute approximate surface area is 151 Å². The molecule has 0 fully saturated rings. The van der Waals surface area contributed by atoms with Crippen molar-refractivity contribution in [2.75, 3.05) is 5.32 Å². The van der Waals surface area contributed by atoms with Crippen molar-refractivity contribution in [1.82, 2.24) is 15.1 Å². The van der Waals surface area contributed by atoms with E-state index in [-0.39, 0.29) is 5.91 Å². The summed E-state index contributed by atoms with van der Waals surface area (Å²) in [4.78, 5) is 30.2. The Morgan fingerprint density at radius 1 is 1.04 bits per heavy atom. The molecule has 0 unspecified atom stereocenters. The average molecular weight is 364 g/mol. The second-order valence-corrected chi connectivity index (χ2v) is 6.24. The third kappa shape index (κ3) is 3.31. The lowest BCUT2D eigenvalue weighted by Crippen LogP contribution is -2.12. The van der Waals surface area contributed by atoms with Crippen molar-refractivity contribution in [1.29, 1.82) is 0 Å². The van der Waals surface area contributed by atoms with Gasteiger partial charge in [-0.05, 0) is 24.3 Å². The van der Waals surface area contributed by atoms with Crippen LogP contribution in [0.5, 0.6) is 0 Å². The smallest absolute Gasteiger partial charge is 0.321 e. The number of aromatic amines is 1. The quantitative estimate of drug-likeness (QED) is 0.578. The lowest BCUT2D eigenvalue weighted by molar-refractivity contribution is 0.102. The molecule has 8 heteroatoms. The van der Waals surface area contributed by atoms with Crippen molar-refractivity contribution >= 4 is 22.9 Å². The lowest BCUT2D eigenvalue weighted by atomic mass is 10.2. The molecule has 0 saturated carbocycles. The van der Waals surface area contributed by atoms with Crippen LogP contribution in [0.15, 0.2) is 69.3 Å². The molecule has 2 aromatic carbocycles. The highest BCUT2D eigenvalue weighted by Crippen LogP contribution is 2.24. The van der Waals surface area contributed by atoms with Crippen molar-refractivity contribution in [3.63, 3.8) is 0 Å². The molecular weight excluding hydrogens is 352 g/mol. The molecule has 2 N–H and O–H groups in total. The van der Waals surface area contributed by atoms with E-state index in [4.69, 9.17) is 0 Å².